The van der Waals surface area contributed by atoms with Crippen LogP contribution in [0.4, 0.5) is 5.95 Å². The quantitative estimate of drug-likeness (QED) is 0.743. The number of carbonyl (C=O) groups is 1. The van der Waals surface area contributed by atoms with Crippen molar-refractivity contribution in [3.63, 3.8) is 0 Å². The van der Waals surface area contributed by atoms with Crippen LogP contribution in [0.25, 0.3) is 10.8 Å². The first-order valence-corrected chi connectivity index (χ1v) is 9.43. The van der Waals surface area contributed by atoms with Gasteiger partial charge in [0, 0.05) is 30.4 Å². The smallest absolute Gasteiger partial charge is 0.260 e. The fraction of sp³-hybridized carbons (Fsp3) is 0.400. The van der Waals surface area contributed by atoms with Crippen LogP contribution in [0.1, 0.15) is 48.3 Å². The van der Waals surface area contributed by atoms with Gasteiger partial charge in [-0.25, -0.2) is 0 Å². The van der Waals surface area contributed by atoms with Crippen molar-refractivity contribution in [3.05, 3.63) is 52.2 Å². The van der Waals surface area contributed by atoms with Crippen LogP contribution < -0.4 is 10.9 Å². The third-order valence-corrected chi connectivity index (χ3v) is 5.30. The van der Waals surface area contributed by atoms with Gasteiger partial charge in [-0.05, 0) is 12.0 Å². The van der Waals surface area contributed by atoms with Crippen LogP contribution >= 0.6 is 0 Å². The van der Waals surface area contributed by atoms with E-state index in [1.165, 1.54) is 36.7 Å². The van der Waals surface area contributed by atoms with Crippen molar-refractivity contribution in [2.45, 2.75) is 38.5 Å². The Bertz CT molecular complexity index is 1030. The number of anilines is 1. The predicted molar refractivity (Wildman–Crippen MR) is 104 cm³/mol. The lowest BCUT2D eigenvalue weighted by Gasteiger charge is -2.19. The molecular formula is C20H23N5O2. The highest BCUT2D eigenvalue weighted by Gasteiger charge is 2.18. The van der Waals surface area contributed by atoms with Gasteiger partial charge in [0.05, 0.1) is 5.56 Å². The summed E-state index contributed by atoms with van der Waals surface area (Å²) in [5.74, 6) is 1.39. The maximum absolute atomic E-state index is 12.8. The number of carbonyl (C=O) groups excluding carboxylic acids is 1. The molecule has 1 aliphatic carbocycles. The maximum atomic E-state index is 12.8. The van der Waals surface area contributed by atoms with Crippen molar-refractivity contribution < 1.29 is 4.79 Å². The van der Waals surface area contributed by atoms with Gasteiger partial charge >= 0.3 is 0 Å². The number of benzene rings is 1. The molecule has 7 nitrogen and oxygen atoms in total. The molecule has 2 heterocycles. The van der Waals surface area contributed by atoms with Gasteiger partial charge < -0.3 is 4.57 Å². The lowest BCUT2D eigenvalue weighted by atomic mass is 9.87. The Balaban J connectivity index is 1.54. The molecule has 0 aliphatic heterocycles. The molecule has 140 valence electrons. The summed E-state index contributed by atoms with van der Waals surface area (Å²) in [5.41, 5.74) is 0.293. The molecule has 0 unspecified atom stereocenters. The third kappa shape index (κ3) is 3.63. The van der Waals surface area contributed by atoms with Crippen molar-refractivity contribution in [1.82, 2.24) is 19.7 Å². The minimum Gasteiger partial charge on any atom is -0.317 e. The number of fused-ring (bicyclic) bond motifs is 1. The number of aryl methyl sites for hydroxylation is 1. The average Bonchev–Trinajstić information content (AvgIpc) is 3.12. The molecule has 0 saturated heterocycles. The SMILES string of the molecule is Cn1cc(C(=O)Nc2n[nH]c(CC3CCCCC3)n2)c2ccccc2c1=O. The molecule has 0 atom stereocenters. The Morgan fingerprint density at radius 2 is 1.96 bits per heavy atom. The second-order valence-corrected chi connectivity index (χ2v) is 7.27. The second-order valence-electron chi connectivity index (χ2n) is 7.27. The summed E-state index contributed by atoms with van der Waals surface area (Å²) in [5, 5.41) is 10.9. The molecule has 4 rings (SSSR count). The van der Waals surface area contributed by atoms with E-state index in [0.717, 1.165) is 12.2 Å². The molecule has 7 heteroatoms. The number of nitrogens with one attached hydrogen (secondary N) is 2. The Morgan fingerprint density at radius 1 is 1.22 bits per heavy atom. The van der Waals surface area contributed by atoms with E-state index in [1.54, 1.807) is 31.4 Å². The van der Waals surface area contributed by atoms with E-state index in [2.05, 4.69) is 20.5 Å². The zero-order chi connectivity index (χ0) is 18.8. The normalized spacial score (nSPS) is 15.1. The molecule has 0 bridgehead atoms. The fourth-order valence-electron chi connectivity index (χ4n) is 3.87. The molecule has 2 aromatic heterocycles. The van der Waals surface area contributed by atoms with E-state index in [4.69, 9.17) is 0 Å². The first kappa shape index (κ1) is 17.5. The first-order valence-electron chi connectivity index (χ1n) is 9.43. The maximum Gasteiger partial charge on any atom is 0.260 e. The molecule has 0 radical (unpaired) electrons. The highest BCUT2D eigenvalue weighted by molar-refractivity contribution is 6.12. The first-order chi connectivity index (χ1) is 13.1. The van der Waals surface area contributed by atoms with Gasteiger partial charge in [-0.2, -0.15) is 4.98 Å². The van der Waals surface area contributed by atoms with Gasteiger partial charge in [-0.3, -0.25) is 20.0 Å². The van der Waals surface area contributed by atoms with Crippen LogP contribution in [-0.4, -0.2) is 25.7 Å². The van der Waals surface area contributed by atoms with E-state index in [1.807, 2.05) is 6.07 Å². The standard InChI is InChI=1S/C20H23N5O2/c1-25-12-16(14-9-5-6-10-15(14)19(25)27)18(26)22-20-21-17(23-24-20)11-13-7-3-2-4-8-13/h5-6,9-10,12-13H,2-4,7-8,11H2,1H3,(H2,21,22,23,24,26). The minimum atomic E-state index is -0.329. The van der Waals surface area contributed by atoms with E-state index in [0.29, 0.717) is 22.3 Å². The molecular weight excluding hydrogens is 342 g/mol. The number of nitrogens with zero attached hydrogens (tertiary/aromatic N) is 3. The summed E-state index contributed by atoms with van der Waals surface area (Å²) < 4.78 is 1.42. The summed E-state index contributed by atoms with van der Waals surface area (Å²) in [4.78, 5) is 29.4. The number of aromatic nitrogens is 4. The van der Waals surface area contributed by atoms with Crippen LogP contribution in [0.3, 0.4) is 0 Å². The highest BCUT2D eigenvalue weighted by atomic mass is 16.2. The number of H-pyrrole nitrogens is 1. The Labute approximate surface area is 156 Å². The molecule has 1 aromatic carbocycles. The van der Waals surface area contributed by atoms with Gasteiger partial charge in [-0.1, -0.05) is 50.3 Å². The summed E-state index contributed by atoms with van der Waals surface area (Å²) in [6.07, 6.45) is 8.76. The van der Waals surface area contributed by atoms with Gasteiger partial charge in [0.2, 0.25) is 5.95 Å². The minimum absolute atomic E-state index is 0.130. The third-order valence-electron chi connectivity index (χ3n) is 5.30. The number of amides is 1. The molecule has 1 saturated carbocycles. The largest absolute Gasteiger partial charge is 0.317 e. The molecule has 1 aliphatic rings. The summed E-state index contributed by atoms with van der Waals surface area (Å²) >= 11 is 0. The molecule has 3 aromatic rings. The van der Waals surface area contributed by atoms with E-state index in [-0.39, 0.29) is 17.4 Å². The molecule has 1 fully saturated rings. The zero-order valence-electron chi connectivity index (χ0n) is 15.4. The molecule has 0 spiro atoms. The predicted octanol–water partition coefficient (Wildman–Crippen LogP) is 3.03. The molecule has 2 N–H and O–H groups in total. The topological polar surface area (TPSA) is 92.7 Å². The number of pyridine rings is 1. The number of hydrogen-bond acceptors (Lipinski definition) is 4. The van der Waals surface area contributed by atoms with Crippen LogP contribution in [0, 0.1) is 5.92 Å². The lowest BCUT2D eigenvalue weighted by Crippen LogP contribution is -2.21. The molecule has 1 amide bonds. The van der Waals surface area contributed by atoms with E-state index < -0.39 is 0 Å². The van der Waals surface area contributed by atoms with Crippen molar-refractivity contribution >= 4 is 22.6 Å². The Kier molecular flexibility index (Phi) is 4.75. The fourth-order valence-corrected chi connectivity index (χ4v) is 3.87. The van der Waals surface area contributed by atoms with Gasteiger partial charge in [0.15, 0.2) is 0 Å². The summed E-state index contributed by atoms with van der Waals surface area (Å²) in [7, 11) is 1.64. The lowest BCUT2D eigenvalue weighted by molar-refractivity contribution is 0.102. The van der Waals surface area contributed by atoms with Crippen LogP contribution in [0.15, 0.2) is 35.3 Å². The van der Waals surface area contributed by atoms with Crippen LogP contribution in [0.5, 0.6) is 0 Å². The number of hydrogen-bond donors (Lipinski definition) is 2. The Hall–Kier alpha value is -2.96. The number of rotatable bonds is 4. The highest BCUT2D eigenvalue weighted by Crippen LogP contribution is 2.26. The van der Waals surface area contributed by atoms with Gasteiger partial charge in [0.25, 0.3) is 11.5 Å². The average molecular weight is 365 g/mol. The Morgan fingerprint density at radius 3 is 2.74 bits per heavy atom. The molecule has 27 heavy (non-hydrogen) atoms. The van der Waals surface area contributed by atoms with Gasteiger partial charge in [-0.15, -0.1) is 5.10 Å². The van der Waals surface area contributed by atoms with Gasteiger partial charge in [0.1, 0.15) is 5.82 Å². The number of aromatic amines is 1. The van der Waals surface area contributed by atoms with Crippen LogP contribution in [-0.2, 0) is 13.5 Å². The monoisotopic (exact) mass is 365 g/mol. The van der Waals surface area contributed by atoms with Crippen molar-refractivity contribution in [3.8, 4) is 0 Å². The van der Waals surface area contributed by atoms with E-state index in [9.17, 15) is 9.59 Å². The zero-order valence-corrected chi connectivity index (χ0v) is 15.4. The van der Waals surface area contributed by atoms with Crippen molar-refractivity contribution in [2.75, 3.05) is 5.32 Å². The summed E-state index contributed by atoms with van der Waals surface area (Å²) in [6, 6.07) is 7.10. The van der Waals surface area contributed by atoms with Crippen molar-refractivity contribution in [1.29, 1.82) is 0 Å². The van der Waals surface area contributed by atoms with E-state index >= 15 is 0 Å². The summed E-state index contributed by atoms with van der Waals surface area (Å²) in [6.45, 7) is 0. The van der Waals surface area contributed by atoms with Crippen molar-refractivity contribution in [2.24, 2.45) is 13.0 Å². The van der Waals surface area contributed by atoms with Crippen LogP contribution in [0.2, 0.25) is 0 Å². The second kappa shape index (κ2) is 7.34.